The van der Waals surface area contributed by atoms with E-state index in [0.717, 1.165) is 11.3 Å². The summed E-state index contributed by atoms with van der Waals surface area (Å²) in [7, 11) is 1.81. The molecule has 1 heterocycles. The van der Waals surface area contributed by atoms with Gasteiger partial charge in [-0.1, -0.05) is 0 Å². The smallest absolute Gasteiger partial charge is 0.162 e. The molecule has 0 aliphatic rings. The van der Waals surface area contributed by atoms with Gasteiger partial charge in [-0.15, -0.1) is 5.10 Å². The normalized spacial score (nSPS) is 11.4. The molecule has 6 heteroatoms. The lowest BCUT2D eigenvalue weighted by atomic mass is 10.0. The van der Waals surface area contributed by atoms with Gasteiger partial charge in [-0.2, -0.15) is 5.10 Å². The summed E-state index contributed by atoms with van der Waals surface area (Å²) in [4.78, 5) is 1.79. The summed E-state index contributed by atoms with van der Waals surface area (Å²) >= 11 is 0. The molecule has 4 N–H and O–H groups in total. The van der Waals surface area contributed by atoms with E-state index in [9.17, 15) is 5.11 Å². The van der Waals surface area contributed by atoms with Crippen LogP contribution in [0.2, 0.25) is 0 Å². The Kier molecular flexibility index (Phi) is 3.91. The number of nitrogens with one attached hydrogen (secondary N) is 1. The Morgan fingerprint density at radius 3 is 2.39 bits per heavy atom. The quantitative estimate of drug-likeness (QED) is 0.537. The highest BCUT2D eigenvalue weighted by Crippen LogP contribution is 2.26. The zero-order valence-electron chi connectivity index (χ0n) is 11.6. The minimum absolute atomic E-state index is 0.0323. The van der Waals surface area contributed by atoms with Crippen molar-refractivity contribution in [3.05, 3.63) is 16.8 Å². The molecule has 0 aliphatic carbocycles. The second-order valence-corrected chi connectivity index (χ2v) is 5.05. The lowest BCUT2D eigenvalue weighted by Crippen LogP contribution is -2.46. The van der Waals surface area contributed by atoms with Gasteiger partial charge in [0.15, 0.2) is 5.82 Å². The zero-order chi connectivity index (χ0) is 14.1. The van der Waals surface area contributed by atoms with Crippen molar-refractivity contribution in [1.82, 2.24) is 10.2 Å². The zero-order valence-corrected chi connectivity index (χ0v) is 11.6. The van der Waals surface area contributed by atoms with Gasteiger partial charge in [-0.25, -0.2) is 0 Å². The monoisotopic (exact) mass is 251 g/mol. The number of hydrogen-bond acceptors (Lipinski definition) is 5. The molecule has 100 valence electrons. The summed E-state index contributed by atoms with van der Waals surface area (Å²) in [5.41, 5.74) is 7.30. The number of aromatic nitrogens is 2. The van der Waals surface area contributed by atoms with Crippen LogP contribution in [0.1, 0.15) is 30.7 Å². The molecule has 0 bridgehead atoms. The van der Waals surface area contributed by atoms with Gasteiger partial charge in [0.1, 0.15) is 5.84 Å². The molecule has 0 amide bonds. The summed E-state index contributed by atoms with van der Waals surface area (Å²) in [6.45, 7) is 7.43. The molecule has 1 aromatic rings. The molecule has 0 saturated heterocycles. The molecule has 0 saturated carbocycles. The van der Waals surface area contributed by atoms with Crippen molar-refractivity contribution >= 4 is 11.7 Å². The molecule has 0 atom stereocenters. The number of nitrogens with zero attached hydrogens (tertiary/aromatic N) is 3. The van der Waals surface area contributed by atoms with Gasteiger partial charge in [0.25, 0.3) is 0 Å². The van der Waals surface area contributed by atoms with E-state index >= 15 is 0 Å². The lowest BCUT2D eigenvalue weighted by molar-refractivity contribution is 0.215. The number of rotatable bonds is 4. The van der Waals surface area contributed by atoms with E-state index < -0.39 is 5.54 Å². The van der Waals surface area contributed by atoms with E-state index in [1.165, 1.54) is 0 Å². The Morgan fingerprint density at radius 2 is 1.94 bits per heavy atom. The molecule has 0 aliphatic heterocycles. The first-order valence-corrected chi connectivity index (χ1v) is 5.75. The topological polar surface area (TPSA) is 99.1 Å². The third kappa shape index (κ3) is 2.43. The Morgan fingerprint density at radius 1 is 1.39 bits per heavy atom. The number of aryl methyl sites for hydroxylation is 1. The van der Waals surface area contributed by atoms with Crippen LogP contribution in [0.25, 0.3) is 0 Å². The molecule has 0 spiro atoms. The van der Waals surface area contributed by atoms with Gasteiger partial charge < -0.3 is 15.7 Å². The number of nitrogens with two attached hydrogens (primary N) is 1. The van der Waals surface area contributed by atoms with E-state index in [-0.39, 0.29) is 12.4 Å². The Bertz CT molecular complexity index is 470. The maximum atomic E-state index is 9.40. The Labute approximate surface area is 107 Å². The fourth-order valence-corrected chi connectivity index (χ4v) is 1.55. The van der Waals surface area contributed by atoms with Crippen LogP contribution < -0.4 is 10.6 Å². The number of likely N-dealkylation sites (N-methyl/N-ethyl adjacent to an activating group) is 1. The van der Waals surface area contributed by atoms with Crippen LogP contribution in [-0.2, 0) is 0 Å². The standard InChI is InChI=1S/C12H21N5O/c1-7-8(2)15-16-11(9(7)10(13)14)17(5)12(3,4)6-18/h18H,6H2,1-5H3,(H3,13,14). The van der Waals surface area contributed by atoms with Gasteiger partial charge in [0.2, 0.25) is 0 Å². The highest BCUT2D eigenvalue weighted by Gasteiger charge is 2.27. The first-order valence-electron chi connectivity index (χ1n) is 5.75. The Hall–Kier alpha value is -1.69. The average Bonchev–Trinajstić information content (AvgIpc) is 2.30. The predicted molar refractivity (Wildman–Crippen MR) is 72.1 cm³/mol. The first-order chi connectivity index (χ1) is 8.22. The minimum Gasteiger partial charge on any atom is -0.394 e. The summed E-state index contributed by atoms with van der Waals surface area (Å²) in [5, 5.41) is 25.3. The number of aliphatic hydroxyl groups excluding tert-OH is 1. The van der Waals surface area contributed by atoms with E-state index in [0.29, 0.717) is 11.4 Å². The molecule has 0 fully saturated rings. The van der Waals surface area contributed by atoms with Crippen LogP contribution in [-0.4, -0.2) is 40.3 Å². The largest absolute Gasteiger partial charge is 0.394 e. The van der Waals surface area contributed by atoms with Crippen molar-refractivity contribution in [2.75, 3.05) is 18.6 Å². The fraction of sp³-hybridized carbons (Fsp3) is 0.583. The van der Waals surface area contributed by atoms with Crippen LogP contribution in [0.4, 0.5) is 5.82 Å². The van der Waals surface area contributed by atoms with E-state index in [1.807, 2.05) is 27.7 Å². The second kappa shape index (κ2) is 4.89. The highest BCUT2D eigenvalue weighted by molar-refractivity contribution is 6.01. The van der Waals surface area contributed by atoms with Gasteiger partial charge >= 0.3 is 0 Å². The van der Waals surface area contributed by atoms with Crippen LogP contribution in [0, 0.1) is 19.3 Å². The number of amidine groups is 1. The minimum atomic E-state index is -0.499. The molecule has 6 nitrogen and oxygen atoms in total. The van der Waals surface area contributed by atoms with Crippen molar-refractivity contribution in [1.29, 1.82) is 5.41 Å². The van der Waals surface area contributed by atoms with Crippen LogP contribution in [0.3, 0.4) is 0 Å². The molecule has 0 radical (unpaired) electrons. The molecule has 1 aromatic heterocycles. The first kappa shape index (κ1) is 14.4. The molecule has 18 heavy (non-hydrogen) atoms. The third-order valence-electron chi connectivity index (χ3n) is 3.32. The van der Waals surface area contributed by atoms with Gasteiger partial charge in [-0.05, 0) is 33.3 Å². The molecular formula is C12H21N5O. The van der Waals surface area contributed by atoms with Gasteiger partial charge in [0.05, 0.1) is 23.4 Å². The summed E-state index contributed by atoms with van der Waals surface area (Å²) in [6.07, 6.45) is 0. The maximum absolute atomic E-state index is 9.40. The van der Waals surface area contributed by atoms with E-state index in [1.54, 1.807) is 11.9 Å². The molecule has 0 aromatic carbocycles. The van der Waals surface area contributed by atoms with Crippen molar-refractivity contribution in [3.63, 3.8) is 0 Å². The summed E-state index contributed by atoms with van der Waals surface area (Å²) in [5.74, 6) is 0.478. The van der Waals surface area contributed by atoms with Crippen LogP contribution in [0.15, 0.2) is 0 Å². The van der Waals surface area contributed by atoms with Crippen molar-refractivity contribution in [2.45, 2.75) is 33.2 Å². The van der Waals surface area contributed by atoms with Gasteiger partial charge in [0, 0.05) is 7.05 Å². The fourth-order valence-electron chi connectivity index (χ4n) is 1.55. The summed E-state index contributed by atoms with van der Waals surface area (Å²) < 4.78 is 0. The van der Waals surface area contributed by atoms with E-state index in [2.05, 4.69) is 10.2 Å². The molecule has 0 unspecified atom stereocenters. The van der Waals surface area contributed by atoms with Gasteiger partial charge in [-0.3, -0.25) is 5.41 Å². The second-order valence-electron chi connectivity index (χ2n) is 5.05. The number of nitrogen functional groups attached to an aromatic ring is 1. The lowest BCUT2D eigenvalue weighted by Gasteiger charge is -2.35. The third-order valence-corrected chi connectivity index (χ3v) is 3.32. The van der Waals surface area contributed by atoms with Crippen LogP contribution >= 0.6 is 0 Å². The summed E-state index contributed by atoms with van der Waals surface area (Å²) in [6, 6.07) is 0. The van der Waals surface area contributed by atoms with Crippen molar-refractivity contribution in [2.24, 2.45) is 5.73 Å². The maximum Gasteiger partial charge on any atom is 0.162 e. The number of anilines is 1. The number of aliphatic hydroxyl groups is 1. The van der Waals surface area contributed by atoms with Crippen LogP contribution in [0.5, 0.6) is 0 Å². The SMILES string of the molecule is Cc1nnc(N(C)C(C)(C)CO)c(C(=N)N)c1C. The highest BCUT2D eigenvalue weighted by atomic mass is 16.3. The van der Waals surface area contributed by atoms with E-state index in [4.69, 9.17) is 11.1 Å². The number of hydrogen-bond donors (Lipinski definition) is 3. The average molecular weight is 251 g/mol. The Balaban J connectivity index is 3.42. The predicted octanol–water partition coefficient (Wildman–Crippen LogP) is 0.585. The van der Waals surface area contributed by atoms with Crippen molar-refractivity contribution < 1.29 is 5.11 Å². The molecular weight excluding hydrogens is 230 g/mol. The molecule has 1 rings (SSSR count). The van der Waals surface area contributed by atoms with Crippen molar-refractivity contribution in [3.8, 4) is 0 Å².